The van der Waals surface area contributed by atoms with Crippen molar-refractivity contribution in [2.75, 3.05) is 13.1 Å². The van der Waals surface area contributed by atoms with Crippen molar-refractivity contribution < 1.29 is 0 Å². The van der Waals surface area contributed by atoms with E-state index in [0.717, 1.165) is 17.9 Å². The molecule has 1 heterocycles. The monoisotopic (exact) mass is 251 g/mol. The minimum absolute atomic E-state index is 0.701. The van der Waals surface area contributed by atoms with Crippen LogP contribution >= 0.6 is 0 Å². The predicted molar refractivity (Wildman–Crippen MR) is 79.8 cm³/mol. The van der Waals surface area contributed by atoms with Gasteiger partial charge in [0.2, 0.25) is 0 Å². The first-order valence-corrected chi connectivity index (χ1v) is 8.34. The molecule has 0 bridgehead atoms. The molecule has 2 fully saturated rings. The van der Waals surface area contributed by atoms with Crippen LogP contribution in [0.3, 0.4) is 0 Å². The number of nitrogens with zero attached hydrogens (tertiary/aromatic N) is 1. The van der Waals surface area contributed by atoms with Crippen LogP contribution in [-0.2, 0) is 0 Å². The summed E-state index contributed by atoms with van der Waals surface area (Å²) in [5, 5.41) is 0. The zero-order valence-corrected chi connectivity index (χ0v) is 13.0. The third-order valence-electron chi connectivity index (χ3n) is 6.00. The molecule has 1 aliphatic heterocycles. The maximum absolute atomic E-state index is 2.81. The van der Waals surface area contributed by atoms with Gasteiger partial charge in [0, 0.05) is 6.04 Å². The van der Waals surface area contributed by atoms with Crippen molar-refractivity contribution in [1.82, 2.24) is 4.90 Å². The molecule has 2 aliphatic rings. The topological polar surface area (TPSA) is 3.24 Å². The molecule has 0 atom stereocenters. The van der Waals surface area contributed by atoms with E-state index in [1.165, 1.54) is 58.0 Å². The first-order valence-electron chi connectivity index (χ1n) is 8.34. The minimum atomic E-state index is 0.701. The zero-order valence-electron chi connectivity index (χ0n) is 13.0. The lowest BCUT2D eigenvalue weighted by Gasteiger charge is -2.50. The Labute approximate surface area is 114 Å². The molecule has 1 heteroatoms. The van der Waals surface area contributed by atoms with E-state index in [1.54, 1.807) is 0 Å². The second kappa shape index (κ2) is 5.94. The molecule has 0 aromatic heterocycles. The van der Waals surface area contributed by atoms with Crippen LogP contribution in [0.1, 0.15) is 72.6 Å². The van der Waals surface area contributed by atoms with Crippen molar-refractivity contribution in [3.8, 4) is 0 Å². The summed E-state index contributed by atoms with van der Waals surface area (Å²) in [7, 11) is 0. The van der Waals surface area contributed by atoms with Crippen LogP contribution in [0, 0.1) is 17.3 Å². The van der Waals surface area contributed by atoms with Crippen molar-refractivity contribution in [2.45, 2.75) is 78.7 Å². The van der Waals surface area contributed by atoms with E-state index >= 15 is 0 Å². The van der Waals surface area contributed by atoms with E-state index in [9.17, 15) is 0 Å². The molecule has 1 aliphatic carbocycles. The molecule has 0 spiro atoms. The lowest BCUT2D eigenvalue weighted by molar-refractivity contribution is 0.00295. The van der Waals surface area contributed by atoms with Gasteiger partial charge in [-0.2, -0.15) is 0 Å². The summed E-state index contributed by atoms with van der Waals surface area (Å²) in [4.78, 5) is 2.81. The second-order valence-corrected chi connectivity index (χ2v) is 7.27. The van der Waals surface area contributed by atoms with Crippen LogP contribution < -0.4 is 0 Å². The van der Waals surface area contributed by atoms with Crippen LogP contribution in [0.2, 0.25) is 0 Å². The van der Waals surface area contributed by atoms with Crippen molar-refractivity contribution in [2.24, 2.45) is 17.3 Å². The molecule has 0 amide bonds. The zero-order chi connectivity index (χ0) is 13.2. The van der Waals surface area contributed by atoms with Crippen molar-refractivity contribution in [3.05, 3.63) is 0 Å². The molecule has 1 saturated carbocycles. The quantitative estimate of drug-likeness (QED) is 0.684. The molecule has 0 unspecified atom stereocenters. The van der Waals surface area contributed by atoms with Crippen LogP contribution in [0.15, 0.2) is 0 Å². The van der Waals surface area contributed by atoms with E-state index in [1.807, 2.05) is 0 Å². The number of hydrogen-bond acceptors (Lipinski definition) is 1. The average Bonchev–Trinajstić information content (AvgIpc) is 2.29. The number of rotatable bonds is 5. The molecular weight excluding hydrogens is 218 g/mol. The largest absolute Gasteiger partial charge is 0.300 e. The summed E-state index contributed by atoms with van der Waals surface area (Å²) in [5.74, 6) is 1.92. The van der Waals surface area contributed by atoms with E-state index in [-0.39, 0.29) is 0 Å². The standard InChI is InChI=1S/C17H33N/c1-5-7-17(6-2)8-10-18(11-9-17)16-12-15(13-16)14(3)4/h14-16H,5-13H2,1-4H3. The molecule has 0 aromatic carbocycles. The normalized spacial score (nSPS) is 32.5. The van der Waals surface area contributed by atoms with Gasteiger partial charge in [-0.15, -0.1) is 0 Å². The van der Waals surface area contributed by atoms with E-state index in [4.69, 9.17) is 0 Å². The van der Waals surface area contributed by atoms with Crippen molar-refractivity contribution in [1.29, 1.82) is 0 Å². The van der Waals surface area contributed by atoms with Gasteiger partial charge in [-0.25, -0.2) is 0 Å². The van der Waals surface area contributed by atoms with Gasteiger partial charge in [-0.3, -0.25) is 0 Å². The fraction of sp³-hybridized carbons (Fsp3) is 1.00. The molecule has 1 nitrogen and oxygen atoms in total. The van der Waals surface area contributed by atoms with Crippen molar-refractivity contribution >= 4 is 0 Å². The summed E-state index contributed by atoms with van der Waals surface area (Å²) in [6.07, 6.45) is 10.1. The molecule has 18 heavy (non-hydrogen) atoms. The van der Waals surface area contributed by atoms with Gasteiger partial charge in [0.05, 0.1) is 0 Å². The fourth-order valence-electron chi connectivity index (χ4n) is 4.15. The maximum atomic E-state index is 2.81. The average molecular weight is 251 g/mol. The van der Waals surface area contributed by atoms with Gasteiger partial charge >= 0.3 is 0 Å². The molecule has 0 radical (unpaired) electrons. The highest BCUT2D eigenvalue weighted by Gasteiger charge is 2.39. The lowest BCUT2D eigenvalue weighted by atomic mass is 9.69. The van der Waals surface area contributed by atoms with Crippen LogP contribution in [-0.4, -0.2) is 24.0 Å². The Morgan fingerprint density at radius 2 is 1.72 bits per heavy atom. The van der Waals surface area contributed by atoms with Gasteiger partial charge in [0.1, 0.15) is 0 Å². The Balaban J connectivity index is 1.77. The SMILES string of the molecule is CCCC1(CC)CCN(C2CC(C(C)C)C2)CC1. The molecule has 0 N–H and O–H groups in total. The number of hydrogen-bond donors (Lipinski definition) is 0. The van der Waals surface area contributed by atoms with Gasteiger partial charge in [0.25, 0.3) is 0 Å². The summed E-state index contributed by atoms with van der Waals surface area (Å²) in [5.41, 5.74) is 0.701. The predicted octanol–water partition coefficient (Wildman–Crippen LogP) is 4.71. The molecular formula is C17H33N. The lowest BCUT2D eigenvalue weighted by Crippen LogP contribution is -2.51. The highest BCUT2D eigenvalue weighted by atomic mass is 15.2. The smallest absolute Gasteiger partial charge is 0.0101 e. The minimum Gasteiger partial charge on any atom is -0.300 e. The molecule has 2 rings (SSSR count). The van der Waals surface area contributed by atoms with E-state index in [0.29, 0.717) is 5.41 Å². The van der Waals surface area contributed by atoms with Gasteiger partial charge in [-0.05, 0) is 62.4 Å². The maximum Gasteiger partial charge on any atom is 0.0101 e. The van der Waals surface area contributed by atoms with E-state index < -0.39 is 0 Å². The van der Waals surface area contributed by atoms with Gasteiger partial charge in [0.15, 0.2) is 0 Å². The third kappa shape index (κ3) is 2.92. The highest BCUT2D eigenvalue weighted by Crippen LogP contribution is 2.43. The summed E-state index contributed by atoms with van der Waals surface area (Å²) < 4.78 is 0. The van der Waals surface area contributed by atoms with Gasteiger partial charge < -0.3 is 4.90 Å². The Morgan fingerprint density at radius 3 is 2.17 bits per heavy atom. The highest BCUT2D eigenvalue weighted by molar-refractivity contribution is 4.93. The Kier molecular flexibility index (Phi) is 4.75. The third-order valence-corrected chi connectivity index (χ3v) is 6.00. The van der Waals surface area contributed by atoms with Crippen LogP contribution in [0.25, 0.3) is 0 Å². The van der Waals surface area contributed by atoms with Crippen LogP contribution in [0.5, 0.6) is 0 Å². The first kappa shape index (κ1) is 14.4. The van der Waals surface area contributed by atoms with Crippen molar-refractivity contribution in [3.63, 3.8) is 0 Å². The molecule has 106 valence electrons. The van der Waals surface area contributed by atoms with E-state index in [2.05, 4.69) is 32.6 Å². The Bertz CT molecular complexity index is 244. The Hall–Kier alpha value is -0.0400. The summed E-state index contributed by atoms with van der Waals surface area (Å²) in [6, 6.07) is 0.939. The fourth-order valence-corrected chi connectivity index (χ4v) is 4.15. The Morgan fingerprint density at radius 1 is 1.11 bits per heavy atom. The first-order chi connectivity index (χ1) is 8.60. The van der Waals surface area contributed by atoms with Gasteiger partial charge in [-0.1, -0.05) is 40.5 Å². The second-order valence-electron chi connectivity index (χ2n) is 7.27. The van der Waals surface area contributed by atoms with Crippen LogP contribution in [0.4, 0.5) is 0 Å². The number of piperidine rings is 1. The summed E-state index contributed by atoms with van der Waals surface area (Å²) in [6.45, 7) is 12.3. The summed E-state index contributed by atoms with van der Waals surface area (Å²) >= 11 is 0. The molecule has 1 saturated heterocycles. The molecule has 0 aromatic rings. The number of likely N-dealkylation sites (tertiary alicyclic amines) is 1.